The molecule has 0 aliphatic carbocycles. The second kappa shape index (κ2) is 10.3. The van der Waals surface area contributed by atoms with E-state index in [2.05, 4.69) is 5.32 Å². The van der Waals surface area contributed by atoms with Crippen LogP contribution in [0.15, 0.2) is 84.9 Å². The lowest BCUT2D eigenvalue weighted by Gasteiger charge is -2.22. The lowest BCUT2D eigenvalue weighted by atomic mass is 9.90. The molecule has 0 unspecified atom stereocenters. The minimum absolute atomic E-state index is 0.259. The number of hydrogen-bond acceptors (Lipinski definition) is 4. The zero-order valence-corrected chi connectivity index (χ0v) is 17.1. The van der Waals surface area contributed by atoms with E-state index in [0.29, 0.717) is 12.2 Å². The highest BCUT2D eigenvalue weighted by atomic mass is 16.5. The molecule has 1 atom stereocenters. The van der Waals surface area contributed by atoms with Crippen molar-refractivity contribution in [2.24, 2.45) is 0 Å². The van der Waals surface area contributed by atoms with Crippen LogP contribution in [-0.4, -0.2) is 32.1 Å². The highest BCUT2D eigenvalue weighted by molar-refractivity contribution is 5.91. The lowest BCUT2D eigenvalue weighted by Crippen LogP contribution is -2.45. The third kappa shape index (κ3) is 5.26. The van der Waals surface area contributed by atoms with Crippen molar-refractivity contribution in [3.05, 3.63) is 102 Å². The van der Waals surface area contributed by atoms with E-state index in [0.717, 1.165) is 16.7 Å². The second-order valence-electron chi connectivity index (χ2n) is 6.89. The van der Waals surface area contributed by atoms with Gasteiger partial charge in [0.25, 0.3) is 0 Å². The average molecular weight is 403 g/mol. The molecule has 0 aliphatic heterocycles. The number of benzene rings is 3. The summed E-state index contributed by atoms with van der Waals surface area (Å²) in [6.45, 7) is 0. The summed E-state index contributed by atoms with van der Waals surface area (Å²) in [6.07, 6.45) is 0.298. The van der Waals surface area contributed by atoms with Gasteiger partial charge >= 0.3 is 5.97 Å². The van der Waals surface area contributed by atoms with Gasteiger partial charge in [-0.25, -0.2) is 4.79 Å². The zero-order chi connectivity index (χ0) is 21.3. The number of hydrogen-bond donors (Lipinski definition) is 1. The molecule has 1 N–H and O–H groups in total. The molecule has 0 saturated heterocycles. The summed E-state index contributed by atoms with van der Waals surface area (Å²) in [4.78, 5) is 25.8. The van der Waals surface area contributed by atoms with Crippen molar-refractivity contribution >= 4 is 11.9 Å². The largest absolute Gasteiger partial charge is 0.497 e. The number of methoxy groups -OCH3 is 2. The van der Waals surface area contributed by atoms with Crippen LogP contribution in [0.5, 0.6) is 5.75 Å². The van der Waals surface area contributed by atoms with Gasteiger partial charge in [-0.05, 0) is 28.8 Å². The van der Waals surface area contributed by atoms with Crippen LogP contribution >= 0.6 is 0 Å². The molecular formula is C25H25NO4. The van der Waals surface area contributed by atoms with Gasteiger partial charge in [0.05, 0.1) is 20.1 Å². The van der Waals surface area contributed by atoms with Crippen molar-refractivity contribution in [3.8, 4) is 5.75 Å². The van der Waals surface area contributed by atoms with Crippen LogP contribution in [0, 0.1) is 0 Å². The van der Waals surface area contributed by atoms with Gasteiger partial charge < -0.3 is 14.8 Å². The molecular weight excluding hydrogens is 378 g/mol. The quantitative estimate of drug-likeness (QED) is 0.582. The number of nitrogens with one attached hydrogen (secondary N) is 1. The van der Waals surface area contributed by atoms with Crippen LogP contribution in [0.4, 0.5) is 0 Å². The van der Waals surface area contributed by atoms with Crippen molar-refractivity contribution < 1.29 is 19.1 Å². The smallest absolute Gasteiger partial charge is 0.328 e. The molecule has 3 aromatic carbocycles. The van der Waals surface area contributed by atoms with E-state index in [-0.39, 0.29) is 5.91 Å². The van der Waals surface area contributed by atoms with E-state index < -0.39 is 17.9 Å². The number of ether oxygens (including phenoxy) is 2. The minimum Gasteiger partial charge on any atom is -0.497 e. The van der Waals surface area contributed by atoms with E-state index in [9.17, 15) is 9.59 Å². The summed E-state index contributed by atoms with van der Waals surface area (Å²) >= 11 is 0. The van der Waals surface area contributed by atoms with Crippen LogP contribution in [0.25, 0.3) is 0 Å². The maximum absolute atomic E-state index is 13.3. The van der Waals surface area contributed by atoms with Gasteiger partial charge in [-0.15, -0.1) is 0 Å². The molecule has 0 saturated carbocycles. The summed E-state index contributed by atoms with van der Waals surface area (Å²) in [5.41, 5.74) is 2.57. The SMILES string of the molecule is COC(=O)[C@H](Cc1cccc(OC)c1)NC(=O)C(c1ccccc1)c1ccccc1. The van der Waals surface area contributed by atoms with E-state index >= 15 is 0 Å². The second-order valence-corrected chi connectivity index (χ2v) is 6.89. The molecule has 5 heteroatoms. The number of amides is 1. The number of rotatable bonds is 8. The molecule has 1 amide bonds. The molecule has 0 bridgehead atoms. The number of carbonyl (C=O) groups excluding carboxylic acids is 2. The van der Waals surface area contributed by atoms with Crippen molar-refractivity contribution in [1.82, 2.24) is 5.32 Å². The molecule has 154 valence electrons. The van der Waals surface area contributed by atoms with Crippen LogP contribution in [-0.2, 0) is 20.7 Å². The molecule has 3 aromatic rings. The molecule has 0 heterocycles. The van der Waals surface area contributed by atoms with Gasteiger partial charge in [-0.1, -0.05) is 72.8 Å². The zero-order valence-electron chi connectivity index (χ0n) is 17.1. The number of esters is 1. The molecule has 5 nitrogen and oxygen atoms in total. The average Bonchev–Trinajstić information content (AvgIpc) is 2.80. The standard InChI is InChI=1S/C25H25NO4/c1-29-21-15-9-10-18(16-21)17-22(25(28)30-2)26-24(27)23(19-11-5-3-6-12-19)20-13-7-4-8-14-20/h3-16,22-23H,17H2,1-2H3,(H,26,27)/t22-/m0/s1. The fourth-order valence-corrected chi connectivity index (χ4v) is 3.41. The third-order valence-electron chi connectivity index (χ3n) is 4.90. The Hall–Kier alpha value is -3.60. The maximum Gasteiger partial charge on any atom is 0.328 e. The van der Waals surface area contributed by atoms with E-state index in [1.807, 2.05) is 84.9 Å². The van der Waals surface area contributed by atoms with Crippen LogP contribution in [0.3, 0.4) is 0 Å². The van der Waals surface area contributed by atoms with Gasteiger partial charge in [0.1, 0.15) is 11.8 Å². The molecule has 30 heavy (non-hydrogen) atoms. The van der Waals surface area contributed by atoms with Gasteiger partial charge in [-0.3, -0.25) is 4.79 Å². The van der Waals surface area contributed by atoms with Gasteiger partial charge in [0.15, 0.2) is 0 Å². The van der Waals surface area contributed by atoms with Crippen LogP contribution in [0.1, 0.15) is 22.6 Å². The van der Waals surface area contributed by atoms with Crippen molar-refractivity contribution in [2.75, 3.05) is 14.2 Å². The minimum atomic E-state index is -0.815. The molecule has 0 fully saturated rings. The number of carbonyl (C=O) groups is 2. The Balaban J connectivity index is 1.87. The predicted octanol–water partition coefficient (Wildman–Crippen LogP) is 3.73. The summed E-state index contributed by atoms with van der Waals surface area (Å²) in [5, 5.41) is 2.90. The fraction of sp³-hybridized carbons (Fsp3) is 0.200. The van der Waals surface area contributed by atoms with Gasteiger partial charge in [-0.2, -0.15) is 0 Å². The Labute approximate surface area is 176 Å². The Kier molecular flexibility index (Phi) is 7.22. The molecule has 0 spiro atoms. The maximum atomic E-state index is 13.3. The summed E-state index contributed by atoms with van der Waals surface area (Å²) in [5.74, 6) is -0.601. The van der Waals surface area contributed by atoms with E-state index in [4.69, 9.17) is 9.47 Å². The Morgan fingerprint density at radius 3 is 1.97 bits per heavy atom. The summed E-state index contributed by atoms with van der Waals surface area (Å²) in [6, 6.07) is 25.6. The topological polar surface area (TPSA) is 64.6 Å². The highest BCUT2D eigenvalue weighted by Crippen LogP contribution is 2.25. The first-order chi connectivity index (χ1) is 14.6. The van der Waals surface area contributed by atoms with Crippen molar-refractivity contribution in [3.63, 3.8) is 0 Å². The third-order valence-corrected chi connectivity index (χ3v) is 4.90. The first-order valence-electron chi connectivity index (χ1n) is 9.73. The highest BCUT2D eigenvalue weighted by Gasteiger charge is 2.28. The molecule has 0 aromatic heterocycles. The summed E-state index contributed by atoms with van der Waals surface area (Å²) < 4.78 is 10.2. The monoisotopic (exact) mass is 403 g/mol. The Morgan fingerprint density at radius 1 is 0.833 bits per heavy atom. The van der Waals surface area contributed by atoms with Gasteiger partial charge in [0.2, 0.25) is 5.91 Å². The van der Waals surface area contributed by atoms with E-state index in [1.165, 1.54) is 7.11 Å². The first kappa shape index (κ1) is 21.1. The molecule has 0 aliphatic rings. The fourth-order valence-electron chi connectivity index (χ4n) is 3.41. The Bertz CT molecular complexity index is 933. The summed E-state index contributed by atoms with van der Waals surface area (Å²) in [7, 11) is 2.90. The van der Waals surface area contributed by atoms with Gasteiger partial charge in [0, 0.05) is 6.42 Å². The van der Waals surface area contributed by atoms with Crippen LogP contribution < -0.4 is 10.1 Å². The van der Waals surface area contributed by atoms with Crippen LogP contribution in [0.2, 0.25) is 0 Å². The van der Waals surface area contributed by atoms with E-state index in [1.54, 1.807) is 7.11 Å². The van der Waals surface area contributed by atoms with Crippen molar-refractivity contribution in [2.45, 2.75) is 18.4 Å². The predicted molar refractivity (Wildman–Crippen MR) is 115 cm³/mol. The van der Waals surface area contributed by atoms with Crippen molar-refractivity contribution in [1.29, 1.82) is 0 Å². The lowest BCUT2D eigenvalue weighted by molar-refractivity contribution is -0.145. The molecule has 3 rings (SSSR count). The first-order valence-corrected chi connectivity index (χ1v) is 9.73. The normalized spacial score (nSPS) is 11.6. The molecule has 0 radical (unpaired) electrons. The Morgan fingerprint density at radius 2 is 1.43 bits per heavy atom.